The molecular formula is C18H26N2O3. The second kappa shape index (κ2) is 7.59. The number of carbonyl (C=O) groups excluding carboxylic acids is 2. The molecule has 0 unspecified atom stereocenters. The zero-order valence-electron chi connectivity index (χ0n) is 14.2. The summed E-state index contributed by atoms with van der Waals surface area (Å²) in [4.78, 5) is 25.7. The minimum Gasteiger partial charge on any atom is -0.550 e. The van der Waals surface area contributed by atoms with Crippen molar-refractivity contribution in [2.75, 3.05) is 26.2 Å². The lowest BCUT2D eigenvalue weighted by Crippen LogP contribution is -3.14. The van der Waals surface area contributed by atoms with Crippen LogP contribution in [0.4, 0.5) is 0 Å². The van der Waals surface area contributed by atoms with Crippen molar-refractivity contribution in [2.24, 2.45) is 0 Å². The van der Waals surface area contributed by atoms with E-state index in [2.05, 4.69) is 39.0 Å². The molecule has 5 nitrogen and oxygen atoms in total. The molecule has 23 heavy (non-hydrogen) atoms. The third-order valence-electron chi connectivity index (χ3n) is 4.94. The Labute approximate surface area is 137 Å². The highest BCUT2D eigenvalue weighted by molar-refractivity contribution is 5.80. The number of hydrogen-bond acceptors (Lipinski definition) is 3. The molecule has 0 aromatic heterocycles. The molecule has 1 fully saturated rings. The third-order valence-corrected chi connectivity index (χ3v) is 4.94. The molecule has 5 heteroatoms. The van der Waals surface area contributed by atoms with Crippen molar-refractivity contribution in [2.45, 2.75) is 39.7 Å². The fourth-order valence-corrected chi connectivity index (χ4v) is 3.11. The topological polar surface area (TPSA) is 64.9 Å². The highest BCUT2D eigenvalue weighted by atomic mass is 16.4. The zero-order chi connectivity index (χ0) is 17.0. The van der Waals surface area contributed by atoms with Crippen molar-refractivity contribution in [3.8, 4) is 0 Å². The number of nitrogens with zero attached hydrogens (tertiary/aromatic N) is 1. The average Bonchev–Trinajstić information content (AvgIpc) is 2.54. The second-order valence-electron chi connectivity index (χ2n) is 6.48. The van der Waals surface area contributed by atoms with Gasteiger partial charge in [0.25, 0.3) is 0 Å². The number of carboxylic acid groups (broad SMARTS) is 1. The highest BCUT2D eigenvalue weighted by Crippen LogP contribution is 2.15. The third kappa shape index (κ3) is 4.55. The number of aryl methyl sites for hydroxylation is 2. The van der Waals surface area contributed by atoms with E-state index >= 15 is 0 Å². The molecule has 1 N–H and O–H groups in total. The van der Waals surface area contributed by atoms with Crippen molar-refractivity contribution >= 4 is 11.9 Å². The van der Waals surface area contributed by atoms with Gasteiger partial charge < -0.3 is 19.7 Å². The second-order valence-corrected chi connectivity index (χ2v) is 6.48. The Kier molecular flexibility index (Phi) is 5.77. The number of carbonyl (C=O) groups is 2. The molecule has 0 saturated carbocycles. The Morgan fingerprint density at radius 3 is 2.39 bits per heavy atom. The van der Waals surface area contributed by atoms with Crippen molar-refractivity contribution in [1.29, 1.82) is 0 Å². The van der Waals surface area contributed by atoms with Crippen molar-refractivity contribution in [3.63, 3.8) is 0 Å². The van der Waals surface area contributed by atoms with E-state index in [1.165, 1.54) is 21.6 Å². The van der Waals surface area contributed by atoms with Crippen LogP contribution in [-0.4, -0.2) is 43.0 Å². The minimum atomic E-state index is -1.16. The van der Waals surface area contributed by atoms with E-state index in [1.807, 2.05) is 0 Å². The van der Waals surface area contributed by atoms with Crippen LogP contribution >= 0.6 is 0 Å². The molecule has 0 aliphatic carbocycles. The van der Waals surface area contributed by atoms with Crippen molar-refractivity contribution in [1.82, 2.24) is 4.90 Å². The maximum Gasteiger partial charge on any atom is 0.223 e. The first-order chi connectivity index (χ1) is 10.9. The van der Waals surface area contributed by atoms with Crippen molar-refractivity contribution < 1.29 is 19.6 Å². The van der Waals surface area contributed by atoms with Crippen LogP contribution < -0.4 is 10.0 Å². The summed E-state index contributed by atoms with van der Waals surface area (Å²) >= 11 is 0. The van der Waals surface area contributed by atoms with E-state index in [0.29, 0.717) is 19.1 Å². The molecule has 1 aliphatic rings. The first-order valence-corrected chi connectivity index (χ1v) is 8.28. The SMILES string of the molecule is Cc1ccc([C@H](C)[NH+]2CCN(C(=O)CCC(=O)[O-])CC2)cc1C. The van der Waals surface area contributed by atoms with Gasteiger partial charge in [0.1, 0.15) is 6.04 Å². The molecule has 0 bridgehead atoms. The predicted molar refractivity (Wildman–Crippen MR) is 85.8 cm³/mol. The molecular weight excluding hydrogens is 292 g/mol. The summed E-state index contributed by atoms with van der Waals surface area (Å²) in [6.45, 7) is 9.65. The van der Waals surface area contributed by atoms with Crippen LogP contribution in [0, 0.1) is 13.8 Å². The summed E-state index contributed by atoms with van der Waals surface area (Å²) in [6.07, 6.45) is -0.144. The molecule has 1 aliphatic heterocycles. The number of hydrogen-bond donors (Lipinski definition) is 1. The molecule has 1 atom stereocenters. The number of aliphatic carboxylic acids is 1. The van der Waals surface area contributed by atoms with Crippen LogP contribution in [0.1, 0.15) is 42.5 Å². The van der Waals surface area contributed by atoms with Crippen LogP contribution in [0.3, 0.4) is 0 Å². The lowest BCUT2D eigenvalue weighted by molar-refractivity contribution is -0.933. The molecule has 2 rings (SSSR count). The Bertz CT molecular complexity index is 578. The number of carboxylic acids is 1. The lowest BCUT2D eigenvalue weighted by atomic mass is 10.0. The summed E-state index contributed by atoms with van der Waals surface area (Å²) in [5, 5.41) is 10.5. The Balaban J connectivity index is 1.89. The summed E-state index contributed by atoms with van der Waals surface area (Å²) < 4.78 is 0. The van der Waals surface area contributed by atoms with E-state index in [9.17, 15) is 14.7 Å². The number of piperazine rings is 1. The monoisotopic (exact) mass is 318 g/mol. The van der Waals surface area contributed by atoms with Gasteiger partial charge >= 0.3 is 0 Å². The molecule has 126 valence electrons. The molecule has 1 heterocycles. The van der Waals surface area contributed by atoms with Gasteiger partial charge in [-0.1, -0.05) is 12.1 Å². The summed E-state index contributed by atoms with van der Waals surface area (Å²) in [7, 11) is 0. The molecule has 1 aromatic rings. The van der Waals surface area contributed by atoms with Crippen LogP contribution in [0.15, 0.2) is 18.2 Å². The van der Waals surface area contributed by atoms with E-state index in [4.69, 9.17) is 0 Å². The number of rotatable bonds is 5. The number of nitrogens with one attached hydrogen (secondary N) is 1. The minimum absolute atomic E-state index is 0.0460. The summed E-state index contributed by atoms with van der Waals surface area (Å²) in [5.74, 6) is -1.24. The van der Waals surface area contributed by atoms with Gasteiger partial charge in [-0.05, 0) is 44.4 Å². The maximum atomic E-state index is 12.0. The van der Waals surface area contributed by atoms with Gasteiger partial charge in [0.05, 0.1) is 26.2 Å². The predicted octanol–water partition coefficient (Wildman–Crippen LogP) is -0.378. The van der Waals surface area contributed by atoms with E-state index < -0.39 is 5.97 Å². The highest BCUT2D eigenvalue weighted by Gasteiger charge is 2.27. The van der Waals surface area contributed by atoms with Crippen molar-refractivity contribution in [3.05, 3.63) is 34.9 Å². The number of amides is 1. The average molecular weight is 318 g/mol. The smallest absolute Gasteiger partial charge is 0.223 e. The first kappa shape index (κ1) is 17.5. The van der Waals surface area contributed by atoms with E-state index in [-0.39, 0.29) is 18.7 Å². The maximum absolute atomic E-state index is 12.0. The molecule has 1 aromatic carbocycles. The normalized spacial score (nSPS) is 17.1. The summed E-state index contributed by atoms with van der Waals surface area (Å²) in [6, 6.07) is 7.01. The zero-order valence-corrected chi connectivity index (χ0v) is 14.2. The van der Waals surface area contributed by atoms with Gasteiger partial charge in [0, 0.05) is 18.0 Å². The van der Waals surface area contributed by atoms with Gasteiger partial charge in [-0.3, -0.25) is 4.79 Å². The van der Waals surface area contributed by atoms with Crippen LogP contribution in [-0.2, 0) is 9.59 Å². The van der Waals surface area contributed by atoms with Gasteiger partial charge in [-0.2, -0.15) is 0 Å². The largest absolute Gasteiger partial charge is 0.550 e. The van der Waals surface area contributed by atoms with Crippen LogP contribution in [0.5, 0.6) is 0 Å². The standard InChI is InChI=1S/C18H26N2O3/c1-13-4-5-16(12-14(13)2)15(3)19-8-10-20(11-9-19)17(21)6-7-18(22)23/h4-5,12,15H,6-11H2,1-3H3,(H,22,23)/t15-/m0/s1. The Morgan fingerprint density at radius 1 is 1.17 bits per heavy atom. The van der Waals surface area contributed by atoms with Gasteiger partial charge in [-0.15, -0.1) is 0 Å². The van der Waals surface area contributed by atoms with Crippen LogP contribution in [0.25, 0.3) is 0 Å². The van der Waals surface area contributed by atoms with Gasteiger partial charge in [0.2, 0.25) is 5.91 Å². The van der Waals surface area contributed by atoms with E-state index in [1.54, 1.807) is 4.90 Å². The number of quaternary nitrogens is 1. The quantitative estimate of drug-likeness (QED) is 0.805. The van der Waals surface area contributed by atoms with Gasteiger partial charge in [0.15, 0.2) is 0 Å². The van der Waals surface area contributed by atoms with Gasteiger partial charge in [-0.25, -0.2) is 0 Å². The molecule has 1 amide bonds. The van der Waals surface area contributed by atoms with E-state index in [0.717, 1.165) is 13.1 Å². The Morgan fingerprint density at radius 2 is 1.83 bits per heavy atom. The molecule has 0 radical (unpaired) electrons. The molecule has 1 saturated heterocycles. The lowest BCUT2D eigenvalue weighted by Gasteiger charge is -2.35. The fraction of sp³-hybridized carbons (Fsp3) is 0.556. The number of benzene rings is 1. The summed E-state index contributed by atoms with van der Waals surface area (Å²) in [5.41, 5.74) is 3.95. The fourth-order valence-electron chi connectivity index (χ4n) is 3.11. The first-order valence-electron chi connectivity index (χ1n) is 8.28. The Hall–Kier alpha value is -1.88. The van der Waals surface area contributed by atoms with Crippen LogP contribution in [0.2, 0.25) is 0 Å². The molecule has 0 spiro atoms.